The third-order valence-electron chi connectivity index (χ3n) is 4.35. The van der Waals surface area contributed by atoms with Crippen molar-refractivity contribution < 1.29 is 14.3 Å². The van der Waals surface area contributed by atoms with Crippen molar-refractivity contribution in [2.75, 3.05) is 60.0 Å². The molecule has 0 radical (unpaired) electrons. The van der Waals surface area contributed by atoms with Crippen molar-refractivity contribution in [2.24, 2.45) is 5.92 Å². The number of likely N-dealkylation sites (tertiary alicyclic amines) is 1. The monoisotopic (exact) mass is 313 g/mol. The van der Waals surface area contributed by atoms with Gasteiger partial charge in [-0.05, 0) is 27.8 Å². The Morgan fingerprint density at radius 2 is 1.86 bits per heavy atom. The molecule has 0 aromatic rings. The van der Waals surface area contributed by atoms with Gasteiger partial charge in [-0.2, -0.15) is 0 Å². The summed E-state index contributed by atoms with van der Waals surface area (Å²) in [5, 5.41) is 0. The Bertz CT molecular complexity index is 377. The van der Waals surface area contributed by atoms with E-state index >= 15 is 0 Å². The van der Waals surface area contributed by atoms with E-state index in [0.29, 0.717) is 12.0 Å². The molecule has 2 aliphatic heterocycles. The van der Waals surface area contributed by atoms with Gasteiger partial charge in [0.25, 0.3) is 0 Å². The fraction of sp³-hybridized carbons (Fsp3) is 0.938. The van der Waals surface area contributed by atoms with Crippen LogP contribution in [0.2, 0.25) is 0 Å². The molecule has 2 heterocycles. The molecule has 6 nitrogen and oxygen atoms in total. The quantitative estimate of drug-likeness (QED) is 0.778. The first-order valence-electron chi connectivity index (χ1n) is 8.18. The van der Waals surface area contributed by atoms with Crippen LogP contribution in [0.15, 0.2) is 0 Å². The lowest BCUT2D eigenvalue weighted by Crippen LogP contribution is -2.59. The molecule has 2 fully saturated rings. The zero-order valence-corrected chi connectivity index (χ0v) is 14.7. The molecule has 0 N–H and O–H groups in total. The number of carbonyl (C=O) groups is 1. The fourth-order valence-electron chi connectivity index (χ4n) is 3.07. The molecule has 0 spiro atoms. The highest BCUT2D eigenvalue weighted by atomic mass is 16.6. The molecule has 0 aromatic carbocycles. The lowest BCUT2D eigenvalue weighted by molar-refractivity contribution is -0.0153. The van der Waals surface area contributed by atoms with E-state index in [1.54, 1.807) is 12.0 Å². The maximum absolute atomic E-state index is 11.9. The van der Waals surface area contributed by atoms with Crippen LogP contribution in [-0.4, -0.2) is 92.5 Å². The van der Waals surface area contributed by atoms with Gasteiger partial charge in [-0.15, -0.1) is 0 Å². The number of piperazine rings is 1. The van der Waals surface area contributed by atoms with Crippen LogP contribution in [0.1, 0.15) is 20.8 Å². The van der Waals surface area contributed by atoms with Gasteiger partial charge >= 0.3 is 6.09 Å². The predicted molar refractivity (Wildman–Crippen MR) is 86.0 cm³/mol. The molecule has 2 rings (SSSR count). The normalized spacial score (nSPS) is 25.1. The van der Waals surface area contributed by atoms with Crippen molar-refractivity contribution in [1.29, 1.82) is 0 Å². The first-order valence-corrected chi connectivity index (χ1v) is 8.18. The van der Waals surface area contributed by atoms with Crippen LogP contribution in [0.5, 0.6) is 0 Å². The predicted octanol–water partition coefficient (Wildman–Crippen LogP) is 1.12. The zero-order chi connectivity index (χ0) is 16.3. The maximum atomic E-state index is 11.9. The molecule has 6 heteroatoms. The average Bonchev–Trinajstić information content (AvgIpc) is 2.35. The largest absolute Gasteiger partial charge is 0.444 e. The summed E-state index contributed by atoms with van der Waals surface area (Å²) < 4.78 is 10.7. The number of rotatable bonds is 4. The van der Waals surface area contributed by atoms with Crippen LogP contribution < -0.4 is 0 Å². The van der Waals surface area contributed by atoms with E-state index in [2.05, 4.69) is 16.8 Å². The van der Waals surface area contributed by atoms with E-state index in [9.17, 15) is 4.79 Å². The van der Waals surface area contributed by atoms with Crippen LogP contribution in [0.25, 0.3) is 0 Å². The summed E-state index contributed by atoms with van der Waals surface area (Å²) in [5.74, 6) is 0.569. The third-order valence-corrected chi connectivity index (χ3v) is 4.35. The highest BCUT2D eigenvalue weighted by molar-refractivity contribution is 5.69. The van der Waals surface area contributed by atoms with Crippen molar-refractivity contribution in [3.63, 3.8) is 0 Å². The van der Waals surface area contributed by atoms with Gasteiger partial charge in [-0.3, -0.25) is 4.90 Å². The fourth-order valence-corrected chi connectivity index (χ4v) is 3.07. The number of likely N-dealkylation sites (N-methyl/N-ethyl adjacent to an activating group) is 1. The summed E-state index contributed by atoms with van der Waals surface area (Å²) in [6, 6.07) is 0.473. The summed E-state index contributed by atoms with van der Waals surface area (Å²) in [6.07, 6.45) is -0.181. The average molecular weight is 313 g/mol. The Morgan fingerprint density at radius 1 is 1.18 bits per heavy atom. The highest BCUT2D eigenvalue weighted by Gasteiger charge is 2.35. The number of nitrogens with zero attached hydrogens (tertiary/aromatic N) is 3. The first kappa shape index (κ1) is 17.5. The van der Waals surface area contributed by atoms with Gasteiger partial charge in [-0.1, -0.05) is 0 Å². The maximum Gasteiger partial charge on any atom is 0.410 e. The van der Waals surface area contributed by atoms with E-state index in [0.717, 1.165) is 45.9 Å². The summed E-state index contributed by atoms with van der Waals surface area (Å²) in [5.41, 5.74) is -0.410. The molecule has 1 unspecified atom stereocenters. The second kappa shape index (κ2) is 7.15. The Kier molecular flexibility index (Phi) is 5.69. The Morgan fingerprint density at radius 3 is 2.45 bits per heavy atom. The van der Waals surface area contributed by atoms with Crippen LogP contribution in [0.4, 0.5) is 4.79 Å². The first-order chi connectivity index (χ1) is 10.3. The van der Waals surface area contributed by atoms with Crippen molar-refractivity contribution in [3.8, 4) is 0 Å². The molecule has 128 valence electrons. The number of methoxy groups -OCH3 is 1. The molecular formula is C16H31N3O3. The van der Waals surface area contributed by atoms with Gasteiger partial charge in [0.2, 0.25) is 0 Å². The Balaban J connectivity index is 1.70. The van der Waals surface area contributed by atoms with Crippen LogP contribution in [0, 0.1) is 5.92 Å². The molecular weight excluding hydrogens is 282 g/mol. The molecule has 22 heavy (non-hydrogen) atoms. The molecule has 0 bridgehead atoms. The number of amides is 1. The Hall–Kier alpha value is -0.850. The molecule has 1 atom stereocenters. The van der Waals surface area contributed by atoms with Crippen molar-refractivity contribution in [1.82, 2.24) is 14.7 Å². The second-order valence-electron chi connectivity index (χ2n) is 7.60. The minimum Gasteiger partial charge on any atom is -0.444 e. The van der Waals surface area contributed by atoms with E-state index in [4.69, 9.17) is 9.47 Å². The highest BCUT2D eigenvalue weighted by Crippen LogP contribution is 2.21. The molecule has 0 aliphatic carbocycles. The molecule has 2 aliphatic rings. The summed E-state index contributed by atoms with van der Waals surface area (Å²) in [7, 11) is 3.92. The van der Waals surface area contributed by atoms with Gasteiger partial charge in [-0.25, -0.2) is 4.79 Å². The van der Waals surface area contributed by atoms with Crippen molar-refractivity contribution >= 4 is 6.09 Å². The lowest BCUT2D eigenvalue weighted by Gasteiger charge is -2.45. The summed E-state index contributed by atoms with van der Waals surface area (Å²) >= 11 is 0. The number of ether oxygens (including phenoxy) is 2. The van der Waals surface area contributed by atoms with Gasteiger partial charge in [0, 0.05) is 58.3 Å². The second-order valence-corrected chi connectivity index (χ2v) is 7.60. The Labute approximate surface area is 134 Å². The molecule has 0 saturated carbocycles. The van der Waals surface area contributed by atoms with E-state index in [1.807, 2.05) is 20.8 Å². The van der Waals surface area contributed by atoms with Crippen LogP contribution >= 0.6 is 0 Å². The number of hydrogen-bond donors (Lipinski definition) is 0. The van der Waals surface area contributed by atoms with Gasteiger partial charge in [0.15, 0.2) is 0 Å². The molecule has 2 saturated heterocycles. The van der Waals surface area contributed by atoms with Crippen LogP contribution in [0.3, 0.4) is 0 Å². The number of carbonyl (C=O) groups excluding carboxylic acids is 1. The third kappa shape index (κ3) is 4.83. The summed E-state index contributed by atoms with van der Waals surface area (Å²) in [6.45, 7) is 12.4. The lowest BCUT2D eigenvalue weighted by atomic mass is 9.99. The van der Waals surface area contributed by atoms with Crippen LogP contribution in [-0.2, 0) is 9.47 Å². The molecule has 1 amide bonds. The molecule has 0 aromatic heterocycles. The summed E-state index contributed by atoms with van der Waals surface area (Å²) in [4.78, 5) is 18.6. The van der Waals surface area contributed by atoms with Gasteiger partial charge in [0.1, 0.15) is 5.60 Å². The number of hydrogen-bond acceptors (Lipinski definition) is 5. The minimum atomic E-state index is -0.410. The van der Waals surface area contributed by atoms with E-state index in [1.165, 1.54) is 0 Å². The zero-order valence-electron chi connectivity index (χ0n) is 14.7. The van der Waals surface area contributed by atoms with E-state index in [-0.39, 0.29) is 6.09 Å². The standard InChI is InChI=1S/C16H31N3O3/c1-16(2,3)22-15(20)19-9-13(10-19)8-18-7-6-17(4)14(11-18)12-21-5/h13-14H,6-12H2,1-5H3. The van der Waals surface area contributed by atoms with Crippen molar-refractivity contribution in [3.05, 3.63) is 0 Å². The smallest absolute Gasteiger partial charge is 0.410 e. The van der Waals surface area contributed by atoms with E-state index < -0.39 is 5.60 Å². The van der Waals surface area contributed by atoms with Crippen molar-refractivity contribution in [2.45, 2.75) is 32.4 Å². The van der Waals surface area contributed by atoms with Gasteiger partial charge in [0.05, 0.1) is 6.61 Å². The topological polar surface area (TPSA) is 45.3 Å². The minimum absolute atomic E-state index is 0.181. The SMILES string of the molecule is COCC1CN(CC2CN(C(=O)OC(C)(C)C)C2)CCN1C. The van der Waals surface area contributed by atoms with Gasteiger partial charge < -0.3 is 19.3 Å².